The first-order valence-electron chi connectivity index (χ1n) is 11.6. The summed E-state index contributed by atoms with van der Waals surface area (Å²) in [5, 5.41) is 21.7. The molecule has 1 aliphatic heterocycles. The van der Waals surface area contributed by atoms with Gasteiger partial charge in [0.2, 0.25) is 0 Å². The van der Waals surface area contributed by atoms with Crippen LogP contribution in [0.1, 0.15) is 36.6 Å². The number of carbonyl (C=O) groups is 1. The molecule has 0 aliphatic carbocycles. The number of methoxy groups -OCH3 is 1. The second-order valence-electron chi connectivity index (χ2n) is 8.91. The summed E-state index contributed by atoms with van der Waals surface area (Å²) in [4.78, 5) is 18.5. The van der Waals surface area contributed by atoms with Crippen molar-refractivity contribution >= 4 is 16.9 Å². The number of ether oxygens (including phenoxy) is 1. The summed E-state index contributed by atoms with van der Waals surface area (Å²) >= 11 is 0. The van der Waals surface area contributed by atoms with Crippen LogP contribution in [0.15, 0.2) is 48.8 Å². The van der Waals surface area contributed by atoms with Crippen molar-refractivity contribution in [2.75, 3.05) is 26.7 Å². The number of aromatic nitrogens is 2. The van der Waals surface area contributed by atoms with Crippen molar-refractivity contribution in [1.82, 2.24) is 14.5 Å². The molecule has 0 bridgehead atoms. The SMILES string of the molecule is COc1ccc2nccc([C@H](O)CC[C@@H]3CCN(CC#Cc4cccn4C)C[C@@H]3C(=O)O)c2c1. The quantitative estimate of drug-likeness (QED) is 0.524. The molecule has 0 radical (unpaired) electrons. The van der Waals surface area contributed by atoms with Crippen molar-refractivity contribution in [3.8, 4) is 17.6 Å². The van der Waals surface area contributed by atoms with E-state index in [4.69, 9.17) is 4.74 Å². The topological polar surface area (TPSA) is 87.8 Å². The van der Waals surface area contributed by atoms with Gasteiger partial charge in [-0.2, -0.15) is 0 Å². The van der Waals surface area contributed by atoms with Crippen LogP contribution in [0, 0.1) is 23.7 Å². The monoisotopic (exact) mass is 461 g/mol. The van der Waals surface area contributed by atoms with Crippen molar-refractivity contribution in [1.29, 1.82) is 0 Å². The number of fused-ring (bicyclic) bond motifs is 1. The number of likely N-dealkylation sites (tertiary alicyclic amines) is 1. The second-order valence-corrected chi connectivity index (χ2v) is 8.91. The summed E-state index contributed by atoms with van der Waals surface area (Å²) in [6.45, 7) is 1.84. The molecule has 2 aromatic heterocycles. The highest BCUT2D eigenvalue weighted by atomic mass is 16.5. The molecule has 1 fully saturated rings. The summed E-state index contributed by atoms with van der Waals surface area (Å²) in [6, 6.07) is 11.4. The highest BCUT2D eigenvalue weighted by molar-refractivity contribution is 5.83. The lowest BCUT2D eigenvalue weighted by Crippen LogP contribution is -2.44. The number of aliphatic hydroxyl groups is 1. The van der Waals surface area contributed by atoms with Crippen LogP contribution >= 0.6 is 0 Å². The van der Waals surface area contributed by atoms with Crippen molar-refractivity contribution in [2.24, 2.45) is 18.9 Å². The van der Waals surface area contributed by atoms with Gasteiger partial charge in [-0.25, -0.2) is 0 Å². The van der Waals surface area contributed by atoms with Gasteiger partial charge in [-0.15, -0.1) is 0 Å². The van der Waals surface area contributed by atoms with E-state index in [1.807, 2.05) is 54.2 Å². The lowest BCUT2D eigenvalue weighted by Gasteiger charge is -2.36. The molecule has 3 aromatic rings. The van der Waals surface area contributed by atoms with Gasteiger partial charge in [0.1, 0.15) is 5.75 Å². The van der Waals surface area contributed by atoms with Gasteiger partial charge in [-0.1, -0.05) is 5.92 Å². The minimum Gasteiger partial charge on any atom is -0.497 e. The van der Waals surface area contributed by atoms with E-state index in [2.05, 4.69) is 21.7 Å². The summed E-state index contributed by atoms with van der Waals surface area (Å²) in [5.41, 5.74) is 2.54. The fraction of sp³-hybridized carbons (Fsp3) is 0.407. The molecule has 1 aromatic carbocycles. The molecule has 0 unspecified atom stereocenters. The molecule has 7 heteroatoms. The Morgan fingerprint density at radius 1 is 1.32 bits per heavy atom. The third kappa shape index (κ3) is 5.41. The smallest absolute Gasteiger partial charge is 0.308 e. The van der Waals surface area contributed by atoms with Crippen molar-refractivity contribution in [2.45, 2.75) is 25.4 Å². The predicted octanol–water partition coefficient (Wildman–Crippen LogP) is 3.47. The average Bonchev–Trinajstić information content (AvgIpc) is 3.26. The lowest BCUT2D eigenvalue weighted by atomic mass is 9.81. The molecule has 2 N–H and O–H groups in total. The van der Waals surface area contributed by atoms with Crippen LogP contribution in [0.4, 0.5) is 0 Å². The third-order valence-corrected chi connectivity index (χ3v) is 6.77. The van der Waals surface area contributed by atoms with Gasteiger partial charge in [0.25, 0.3) is 0 Å². The van der Waals surface area contributed by atoms with Gasteiger partial charge in [-0.3, -0.25) is 14.7 Å². The minimum atomic E-state index is -0.779. The summed E-state index contributed by atoms with van der Waals surface area (Å²) in [5.74, 6) is 5.82. The number of carboxylic acid groups (broad SMARTS) is 1. The largest absolute Gasteiger partial charge is 0.497 e. The maximum atomic E-state index is 12.0. The van der Waals surface area contributed by atoms with E-state index in [0.717, 1.165) is 35.1 Å². The van der Waals surface area contributed by atoms with Crippen LogP contribution in [0.2, 0.25) is 0 Å². The lowest BCUT2D eigenvalue weighted by molar-refractivity contribution is -0.146. The van der Waals surface area contributed by atoms with E-state index in [1.165, 1.54) is 0 Å². The first-order valence-corrected chi connectivity index (χ1v) is 11.6. The van der Waals surface area contributed by atoms with Crippen LogP contribution in [-0.4, -0.2) is 57.4 Å². The van der Waals surface area contributed by atoms with Crippen LogP contribution in [-0.2, 0) is 11.8 Å². The Hall–Kier alpha value is -3.34. The fourth-order valence-corrected chi connectivity index (χ4v) is 4.76. The summed E-state index contributed by atoms with van der Waals surface area (Å²) in [6.07, 6.45) is 4.88. The molecule has 1 saturated heterocycles. The molecule has 0 amide bonds. The number of rotatable bonds is 7. The molecular formula is C27H31N3O4. The van der Waals surface area contributed by atoms with E-state index in [1.54, 1.807) is 13.3 Å². The summed E-state index contributed by atoms with van der Waals surface area (Å²) < 4.78 is 7.29. The number of hydrogen-bond acceptors (Lipinski definition) is 5. The van der Waals surface area contributed by atoms with Crippen LogP contribution in [0.25, 0.3) is 10.9 Å². The van der Waals surface area contributed by atoms with E-state index >= 15 is 0 Å². The van der Waals surface area contributed by atoms with Crippen molar-refractivity contribution in [3.05, 3.63) is 60.0 Å². The Kier molecular flexibility index (Phi) is 7.51. The summed E-state index contributed by atoms with van der Waals surface area (Å²) in [7, 11) is 3.56. The minimum absolute atomic E-state index is 0.0203. The Morgan fingerprint density at radius 2 is 2.18 bits per heavy atom. The van der Waals surface area contributed by atoms with Gasteiger partial charge < -0.3 is 19.5 Å². The predicted molar refractivity (Wildman–Crippen MR) is 130 cm³/mol. The average molecular weight is 462 g/mol. The first kappa shape index (κ1) is 23.8. The molecule has 3 atom stereocenters. The van der Waals surface area contributed by atoms with E-state index in [9.17, 15) is 15.0 Å². The van der Waals surface area contributed by atoms with Gasteiger partial charge in [-0.05, 0) is 79.6 Å². The Balaban J connectivity index is 1.38. The van der Waals surface area contributed by atoms with Crippen molar-refractivity contribution in [3.63, 3.8) is 0 Å². The standard InChI is InChI=1S/C27H31N3O4/c1-29-14-3-5-20(29)6-4-15-30-16-12-19(24(18-30)27(32)33)7-10-26(31)22-11-13-28-25-9-8-21(34-2)17-23(22)25/h3,5,8-9,11,13-14,17,19,24,26,31H,7,10,12,15-16,18H2,1-2H3,(H,32,33)/t19-,24+,26-/m1/s1. The van der Waals surface area contributed by atoms with Crippen LogP contribution in [0.5, 0.6) is 5.75 Å². The molecule has 178 valence electrons. The number of pyridine rings is 1. The highest BCUT2D eigenvalue weighted by Gasteiger charge is 2.34. The van der Waals surface area contributed by atoms with E-state index in [0.29, 0.717) is 31.7 Å². The number of aryl methyl sites for hydroxylation is 1. The Labute approximate surface area is 200 Å². The molecule has 3 heterocycles. The van der Waals surface area contributed by atoms with Crippen LogP contribution in [0.3, 0.4) is 0 Å². The van der Waals surface area contributed by atoms with Gasteiger partial charge in [0, 0.05) is 31.4 Å². The number of carboxylic acids is 1. The molecular weight excluding hydrogens is 430 g/mol. The molecule has 7 nitrogen and oxygen atoms in total. The second kappa shape index (κ2) is 10.7. The molecule has 0 saturated carbocycles. The van der Waals surface area contributed by atoms with Gasteiger partial charge >= 0.3 is 5.97 Å². The maximum Gasteiger partial charge on any atom is 0.308 e. The normalized spacial score (nSPS) is 19.4. The van der Waals surface area contributed by atoms with Gasteiger partial charge in [0.05, 0.1) is 36.9 Å². The number of aliphatic hydroxyl groups excluding tert-OH is 1. The zero-order chi connectivity index (χ0) is 24.1. The third-order valence-electron chi connectivity index (χ3n) is 6.77. The Morgan fingerprint density at radius 3 is 2.91 bits per heavy atom. The number of hydrogen-bond donors (Lipinski definition) is 2. The van der Waals surface area contributed by atoms with E-state index < -0.39 is 18.0 Å². The zero-order valence-electron chi connectivity index (χ0n) is 19.6. The molecule has 1 aliphatic rings. The number of benzene rings is 1. The zero-order valence-corrected chi connectivity index (χ0v) is 19.6. The number of aliphatic carboxylic acids is 1. The number of nitrogens with zero attached hydrogens (tertiary/aromatic N) is 3. The highest BCUT2D eigenvalue weighted by Crippen LogP contribution is 2.33. The van der Waals surface area contributed by atoms with Crippen LogP contribution < -0.4 is 4.74 Å². The molecule has 0 spiro atoms. The number of piperidine rings is 1. The molecule has 34 heavy (non-hydrogen) atoms. The Bertz CT molecular complexity index is 1210. The van der Waals surface area contributed by atoms with E-state index in [-0.39, 0.29) is 5.92 Å². The first-order chi connectivity index (χ1) is 16.5. The fourth-order valence-electron chi connectivity index (χ4n) is 4.76. The van der Waals surface area contributed by atoms with Crippen molar-refractivity contribution < 1.29 is 19.7 Å². The maximum absolute atomic E-state index is 12.0. The van der Waals surface area contributed by atoms with Gasteiger partial charge in [0.15, 0.2) is 0 Å². The molecule has 4 rings (SSSR count).